The molecule has 5 nitrogen and oxygen atoms in total. The van der Waals surface area contributed by atoms with Crippen LogP contribution in [-0.2, 0) is 4.84 Å². The third-order valence-corrected chi connectivity index (χ3v) is 5.18. The number of oxime groups is 1. The van der Waals surface area contributed by atoms with Gasteiger partial charge in [-0.15, -0.1) is 0 Å². The monoisotopic (exact) mass is 402 g/mol. The fourth-order valence-corrected chi connectivity index (χ4v) is 3.73. The molecule has 1 aliphatic carbocycles. The Hall–Kier alpha value is -1.85. The summed E-state index contributed by atoms with van der Waals surface area (Å²) in [6.07, 6.45) is 9.33. The number of methoxy groups -OCH3 is 1. The molecule has 1 fully saturated rings. The Morgan fingerprint density at radius 3 is 2.41 bits per heavy atom. The standard InChI is InChI=1S/C24H38N2O3/c1-4-15-26(16-5-2)18-22(27)19-29-25-24-10-8-6-7-9-21(24)17-20-11-13-23(28-3)14-12-20/h11-14,17,22,27H,4-10,15-16,18-19H2,1-3H3/b21-17+,25-24+. The van der Waals surface area contributed by atoms with Crippen molar-refractivity contribution >= 4 is 11.8 Å². The van der Waals surface area contributed by atoms with Crippen molar-refractivity contribution in [1.29, 1.82) is 0 Å². The molecule has 0 bridgehead atoms. The Labute approximate surface area is 176 Å². The predicted octanol–water partition coefficient (Wildman–Crippen LogP) is 4.90. The number of benzene rings is 1. The maximum absolute atomic E-state index is 10.3. The first kappa shape index (κ1) is 23.4. The first-order valence-electron chi connectivity index (χ1n) is 11.1. The molecule has 0 heterocycles. The van der Waals surface area contributed by atoms with E-state index in [2.05, 4.69) is 42.1 Å². The highest BCUT2D eigenvalue weighted by Crippen LogP contribution is 2.24. The minimum absolute atomic E-state index is 0.239. The fraction of sp³-hybridized carbons (Fsp3) is 0.625. The van der Waals surface area contributed by atoms with Crippen molar-refractivity contribution in [3.63, 3.8) is 0 Å². The smallest absolute Gasteiger partial charge is 0.144 e. The van der Waals surface area contributed by atoms with Gasteiger partial charge in [-0.3, -0.25) is 0 Å². The van der Waals surface area contributed by atoms with E-state index in [9.17, 15) is 5.11 Å². The van der Waals surface area contributed by atoms with Gasteiger partial charge in [0, 0.05) is 6.54 Å². The van der Waals surface area contributed by atoms with Crippen LogP contribution in [0.25, 0.3) is 6.08 Å². The second-order valence-electron chi connectivity index (χ2n) is 7.79. The summed E-state index contributed by atoms with van der Waals surface area (Å²) in [5.74, 6) is 0.861. The number of allylic oxidation sites excluding steroid dienone is 1. The molecule has 1 N–H and O–H groups in total. The molecule has 0 aliphatic heterocycles. The highest BCUT2D eigenvalue weighted by Gasteiger charge is 2.15. The van der Waals surface area contributed by atoms with Gasteiger partial charge < -0.3 is 19.6 Å². The first-order chi connectivity index (χ1) is 14.2. The lowest BCUT2D eigenvalue weighted by Gasteiger charge is -2.23. The molecule has 1 aromatic carbocycles. The van der Waals surface area contributed by atoms with Crippen molar-refractivity contribution in [2.75, 3.05) is 33.4 Å². The Morgan fingerprint density at radius 1 is 1.07 bits per heavy atom. The van der Waals surface area contributed by atoms with Crippen molar-refractivity contribution in [2.24, 2.45) is 5.16 Å². The van der Waals surface area contributed by atoms with E-state index in [4.69, 9.17) is 9.57 Å². The molecule has 1 unspecified atom stereocenters. The Bertz CT molecular complexity index is 634. The van der Waals surface area contributed by atoms with Gasteiger partial charge in [-0.05, 0) is 81.0 Å². The summed E-state index contributed by atoms with van der Waals surface area (Å²) in [6.45, 7) is 7.23. The quantitative estimate of drug-likeness (QED) is 0.423. The number of hydrogen-bond acceptors (Lipinski definition) is 5. The Morgan fingerprint density at radius 2 is 1.76 bits per heavy atom. The minimum Gasteiger partial charge on any atom is -0.497 e. The molecule has 1 aromatic rings. The van der Waals surface area contributed by atoms with Gasteiger partial charge in [-0.1, -0.05) is 37.6 Å². The third kappa shape index (κ3) is 8.58. The summed E-state index contributed by atoms with van der Waals surface area (Å²) < 4.78 is 5.24. The van der Waals surface area contributed by atoms with E-state index in [1.165, 1.54) is 18.4 Å². The van der Waals surface area contributed by atoms with Crippen molar-refractivity contribution in [1.82, 2.24) is 4.90 Å². The molecule has 0 spiro atoms. The van der Waals surface area contributed by atoms with Gasteiger partial charge in [0.15, 0.2) is 0 Å². The van der Waals surface area contributed by atoms with Gasteiger partial charge in [-0.25, -0.2) is 0 Å². The lowest BCUT2D eigenvalue weighted by Crippen LogP contribution is -2.35. The Balaban J connectivity index is 1.98. The van der Waals surface area contributed by atoms with Crippen LogP contribution in [0, 0.1) is 0 Å². The topological polar surface area (TPSA) is 54.3 Å². The summed E-state index contributed by atoms with van der Waals surface area (Å²) in [6, 6.07) is 8.08. The van der Waals surface area contributed by atoms with E-state index >= 15 is 0 Å². The van der Waals surface area contributed by atoms with Crippen LogP contribution < -0.4 is 4.74 Å². The largest absolute Gasteiger partial charge is 0.497 e. The molecule has 5 heteroatoms. The molecule has 162 valence electrons. The second kappa shape index (κ2) is 13.4. The van der Waals surface area contributed by atoms with Crippen LogP contribution in [0.15, 0.2) is 35.0 Å². The Kier molecular flexibility index (Phi) is 10.8. The number of nitrogens with zero attached hydrogens (tertiary/aromatic N) is 2. The molecular weight excluding hydrogens is 364 g/mol. The van der Waals surface area contributed by atoms with Crippen molar-refractivity contribution in [3.05, 3.63) is 35.4 Å². The zero-order chi connectivity index (χ0) is 20.9. The van der Waals surface area contributed by atoms with Crippen LogP contribution in [-0.4, -0.2) is 55.2 Å². The minimum atomic E-state index is -0.516. The highest BCUT2D eigenvalue weighted by atomic mass is 16.6. The van der Waals surface area contributed by atoms with Crippen LogP contribution >= 0.6 is 0 Å². The van der Waals surface area contributed by atoms with E-state index in [0.29, 0.717) is 6.54 Å². The predicted molar refractivity (Wildman–Crippen MR) is 120 cm³/mol. The number of rotatable bonds is 11. The number of hydrogen-bond donors (Lipinski definition) is 1. The summed E-state index contributed by atoms with van der Waals surface area (Å²) in [5.41, 5.74) is 3.40. The van der Waals surface area contributed by atoms with Crippen LogP contribution in [0.3, 0.4) is 0 Å². The summed E-state index contributed by atoms with van der Waals surface area (Å²) in [5, 5.41) is 14.8. The lowest BCUT2D eigenvalue weighted by atomic mass is 10.0. The molecule has 0 saturated heterocycles. The molecular formula is C24H38N2O3. The van der Waals surface area contributed by atoms with Gasteiger partial charge in [0.2, 0.25) is 0 Å². The van der Waals surface area contributed by atoms with Crippen molar-refractivity contribution < 1.29 is 14.7 Å². The highest BCUT2D eigenvalue weighted by molar-refractivity contribution is 6.03. The van der Waals surface area contributed by atoms with Gasteiger partial charge in [0.25, 0.3) is 0 Å². The molecule has 0 aromatic heterocycles. The van der Waals surface area contributed by atoms with Crippen molar-refractivity contribution in [2.45, 2.75) is 64.9 Å². The average molecular weight is 403 g/mol. The molecule has 1 atom stereocenters. The van der Waals surface area contributed by atoms with Crippen LogP contribution in [0.2, 0.25) is 0 Å². The van der Waals surface area contributed by atoms with Gasteiger partial charge in [-0.2, -0.15) is 0 Å². The van der Waals surface area contributed by atoms with Crippen LogP contribution in [0.1, 0.15) is 64.4 Å². The normalized spacial score (nSPS) is 18.8. The molecule has 0 radical (unpaired) electrons. The molecule has 0 amide bonds. The zero-order valence-electron chi connectivity index (χ0n) is 18.4. The molecule has 29 heavy (non-hydrogen) atoms. The van der Waals surface area contributed by atoms with E-state index in [-0.39, 0.29) is 6.61 Å². The van der Waals surface area contributed by atoms with Crippen LogP contribution in [0.4, 0.5) is 0 Å². The number of ether oxygens (including phenoxy) is 1. The van der Waals surface area contributed by atoms with Crippen molar-refractivity contribution in [3.8, 4) is 5.75 Å². The number of aliphatic hydroxyl groups is 1. The fourth-order valence-electron chi connectivity index (χ4n) is 3.73. The average Bonchev–Trinajstić information content (AvgIpc) is 2.94. The van der Waals surface area contributed by atoms with Crippen LogP contribution in [0.5, 0.6) is 5.75 Å². The van der Waals surface area contributed by atoms with E-state index in [0.717, 1.165) is 62.2 Å². The zero-order valence-corrected chi connectivity index (χ0v) is 18.4. The van der Waals surface area contributed by atoms with Gasteiger partial charge in [0.1, 0.15) is 18.5 Å². The third-order valence-electron chi connectivity index (χ3n) is 5.18. The van der Waals surface area contributed by atoms with Gasteiger partial charge in [0.05, 0.1) is 12.8 Å². The van der Waals surface area contributed by atoms with E-state index in [1.54, 1.807) is 7.11 Å². The SMILES string of the molecule is CCCN(CCC)CC(O)CO/N=C1\CCCCC\C1=C/c1ccc(OC)cc1. The number of aliphatic hydroxyl groups excluding tert-OH is 1. The first-order valence-corrected chi connectivity index (χ1v) is 11.1. The maximum Gasteiger partial charge on any atom is 0.144 e. The molecule has 1 aliphatic rings. The maximum atomic E-state index is 10.3. The second-order valence-corrected chi connectivity index (χ2v) is 7.79. The van der Waals surface area contributed by atoms with E-state index in [1.807, 2.05) is 12.1 Å². The summed E-state index contributed by atoms with van der Waals surface area (Å²) in [4.78, 5) is 7.90. The summed E-state index contributed by atoms with van der Waals surface area (Å²) in [7, 11) is 1.68. The summed E-state index contributed by atoms with van der Waals surface area (Å²) >= 11 is 0. The molecule has 1 saturated carbocycles. The lowest BCUT2D eigenvalue weighted by molar-refractivity contribution is 0.0188. The van der Waals surface area contributed by atoms with E-state index < -0.39 is 6.10 Å². The molecule has 2 rings (SSSR count). The van der Waals surface area contributed by atoms with Gasteiger partial charge >= 0.3 is 0 Å².